The Bertz CT molecular complexity index is 1430. The molecule has 0 saturated heterocycles. The lowest BCUT2D eigenvalue weighted by molar-refractivity contribution is -0.742. The lowest BCUT2D eigenvalue weighted by atomic mass is 10.1. The van der Waals surface area contributed by atoms with Crippen molar-refractivity contribution in [2.24, 2.45) is 0 Å². The van der Waals surface area contributed by atoms with Crippen LogP contribution in [0.1, 0.15) is 39.9 Å². The molecule has 0 bridgehead atoms. The highest BCUT2D eigenvalue weighted by atomic mass is 16.9. The number of anilines is 1. The van der Waals surface area contributed by atoms with Gasteiger partial charge in [0.05, 0.1) is 44.6 Å². The van der Waals surface area contributed by atoms with Gasteiger partial charge in [0, 0.05) is 18.6 Å². The molecule has 0 fully saturated rings. The van der Waals surface area contributed by atoms with E-state index < -0.39 is 29.0 Å². The average molecular weight is 640 g/mol. The second-order valence-electron chi connectivity index (χ2n) is 7.72. The summed E-state index contributed by atoms with van der Waals surface area (Å²) in [5, 5.41) is 41.4. The molecule has 45 heavy (non-hydrogen) atoms. The summed E-state index contributed by atoms with van der Waals surface area (Å²) in [4.78, 5) is 51.4. The minimum absolute atomic E-state index is 0. The monoisotopic (exact) mass is 639 g/mol. The van der Waals surface area contributed by atoms with Crippen molar-refractivity contribution in [1.82, 2.24) is 0 Å². The first-order valence-electron chi connectivity index (χ1n) is 11.9. The quantitative estimate of drug-likeness (QED) is 0.0860. The van der Waals surface area contributed by atoms with Crippen LogP contribution in [0.4, 0.5) is 11.4 Å². The summed E-state index contributed by atoms with van der Waals surface area (Å²) < 4.78 is 19.2. The predicted molar refractivity (Wildman–Crippen MR) is 162 cm³/mol. The second-order valence-corrected chi connectivity index (χ2v) is 7.72. The highest BCUT2D eigenvalue weighted by Gasteiger charge is 2.16. The minimum Gasteiger partial charge on any atom is -0.497 e. The van der Waals surface area contributed by atoms with Crippen LogP contribution in [0.5, 0.6) is 17.2 Å². The van der Waals surface area contributed by atoms with Gasteiger partial charge >= 0.3 is 11.7 Å². The van der Waals surface area contributed by atoms with Crippen LogP contribution in [0.2, 0.25) is 0 Å². The number of Topliss-reactive ketones (excluding diaryl/α,β-unsaturated/α-hetero) is 2. The number of rotatable bonds is 9. The number of aliphatic hydroxyl groups is 2. The van der Waals surface area contributed by atoms with E-state index in [9.17, 15) is 24.5 Å². The fraction of sp³-hybridized carbons (Fsp3) is 0.250. The molecule has 0 saturated carbocycles. The summed E-state index contributed by atoms with van der Waals surface area (Å²) in [6.07, 6.45) is 0. The van der Waals surface area contributed by atoms with Gasteiger partial charge in [-0.15, -0.1) is 10.1 Å². The average Bonchev–Trinajstić information content (AvgIpc) is 3.03. The molecule has 3 aromatic rings. The lowest BCUT2D eigenvalue weighted by Crippen LogP contribution is -2.05. The molecule has 5 N–H and O–H groups in total. The summed E-state index contributed by atoms with van der Waals surface area (Å²) in [7, 11) is 5.65. The Kier molecular flexibility index (Phi) is 20.0. The van der Waals surface area contributed by atoms with Gasteiger partial charge in [-0.3, -0.25) is 19.7 Å². The van der Waals surface area contributed by atoms with Crippen molar-refractivity contribution in [2.75, 3.05) is 47.4 Å². The first kappa shape index (κ1) is 41.3. The number of ether oxygens (including phenoxy) is 4. The summed E-state index contributed by atoms with van der Waals surface area (Å²) in [6, 6.07) is 15.1. The number of aliphatic hydroxyl groups excluding tert-OH is 2. The summed E-state index contributed by atoms with van der Waals surface area (Å²) >= 11 is 0. The van der Waals surface area contributed by atoms with Gasteiger partial charge in [0.25, 0.3) is 5.09 Å². The third-order valence-corrected chi connectivity index (χ3v) is 5.03. The predicted octanol–water partition coefficient (Wildman–Crippen LogP) is 3.25. The molecule has 0 amide bonds. The Balaban J connectivity index is -0.000000560. The molecule has 0 radical (unpaired) electrons. The molecule has 3 aromatic carbocycles. The van der Waals surface area contributed by atoms with E-state index in [4.69, 9.17) is 45.5 Å². The fourth-order valence-corrected chi connectivity index (χ4v) is 2.94. The fourth-order valence-electron chi connectivity index (χ4n) is 2.94. The molecule has 3 rings (SSSR count). The Hall–Kier alpha value is -5.81. The van der Waals surface area contributed by atoms with E-state index >= 15 is 0 Å². The van der Waals surface area contributed by atoms with E-state index in [1.807, 2.05) is 0 Å². The van der Waals surface area contributed by atoms with Gasteiger partial charge in [-0.25, -0.2) is 4.79 Å². The molecule has 0 atom stereocenters. The van der Waals surface area contributed by atoms with Crippen molar-refractivity contribution in [1.29, 1.82) is 0 Å². The van der Waals surface area contributed by atoms with E-state index in [1.54, 1.807) is 43.5 Å². The number of carbonyl (C=O) groups is 3. The van der Waals surface area contributed by atoms with Crippen LogP contribution in [0.25, 0.3) is 0 Å². The van der Waals surface area contributed by atoms with Gasteiger partial charge in [0.2, 0.25) is 0 Å². The highest BCUT2D eigenvalue weighted by Crippen LogP contribution is 2.27. The highest BCUT2D eigenvalue weighted by molar-refractivity contribution is 5.98. The van der Waals surface area contributed by atoms with E-state index in [1.165, 1.54) is 45.6 Å². The number of benzene rings is 3. The Morgan fingerprint density at radius 3 is 1.69 bits per heavy atom. The standard InChI is InChI=1S/C9H9NO5.C9H11NO3.C9H10O3.CH4.HNO3.H2/c1-15-9-4-6(8(12)5-11)2-3-7(9)10(13)14;1-13-9-4-6(8(12)5-11)2-3-7(9)10;1-11-8-5-3-4-7(6-8)9(10)12-2;;2-1(3)4;/h2-4,11H,5H2,1H3;2-4,11H,5,10H2,1H3;3-6H,1-2H3;1H4;(H,2,3,4);1H. The topological polar surface area (TPSA) is 261 Å². The number of nitro groups is 1. The van der Waals surface area contributed by atoms with Crippen molar-refractivity contribution >= 4 is 28.9 Å². The first-order valence-corrected chi connectivity index (χ1v) is 11.9. The number of carbonyl (C=O) groups excluding carboxylic acids is 3. The summed E-state index contributed by atoms with van der Waals surface area (Å²) in [5.74, 6) is -0.119. The molecule has 0 aromatic heterocycles. The molecular weight excluding hydrogens is 602 g/mol. The van der Waals surface area contributed by atoms with Gasteiger partial charge in [0.15, 0.2) is 17.3 Å². The molecule has 0 aliphatic heterocycles. The smallest absolute Gasteiger partial charge is 0.337 e. The lowest BCUT2D eigenvalue weighted by Gasteiger charge is -2.05. The normalized spacial score (nSPS) is 9.02. The van der Waals surface area contributed by atoms with Crippen LogP contribution in [0.3, 0.4) is 0 Å². The molecule has 0 aliphatic carbocycles. The largest absolute Gasteiger partial charge is 0.497 e. The van der Waals surface area contributed by atoms with Crippen molar-refractivity contribution in [3.63, 3.8) is 0 Å². The third kappa shape index (κ3) is 14.8. The van der Waals surface area contributed by atoms with E-state index in [0.29, 0.717) is 28.3 Å². The number of nitrogen functional groups attached to an aromatic ring is 1. The number of hydrogen-bond donors (Lipinski definition) is 4. The maximum Gasteiger partial charge on any atom is 0.337 e. The van der Waals surface area contributed by atoms with Crippen molar-refractivity contribution in [3.8, 4) is 17.2 Å². The number of nitrogens with zero attached hydrogens (tertiary/aromatic N) is 2. The van der Waals surface area contributed by atoms with E-state index in [-0.39, 0.29) is 37.6 Å². The van der Waals surface area contributed by atoms with Gasteiger partial charge in [-0.1, -0.05) is 13.5 Å². The van der Waals surface area contributed by atoms with E-state index in [0.717, 1.165) is 0 Å². The number of hydrogen-bond acceptors (Lipinski definition) is 14. The molecule has 17 heteroatoms. The zero-order chi connectivity index (χ0) is 33.8. The maximum absolute atomic E-state index is 11.1. The zero-order valence-corrected chi connectivity index (χ0v) is 24.0. The van der Waals surface area contributed by atoms with Crippen LogP contribution in [-0.4, -0.2) is 84.6 Å². The third-order valence-electron chi connectivity index (χ3n) is 5.03. The Morgan fingerprint density at radius 1 is 0.778 bits per heavy atom. The van der Waals surface area contributed by atoms with Crippen molar-refractivity contribution in [2.45, 2.75) is 7.43 Å². The molecule has 0 heterocycles. The summed E-state index contributed by atoms with van der Waals surface area (Å²) in [5.41, 5.74) is 6.87. The summed E-state index contributed by atoms with van der Waals surface area (Å²) in [6.45, 7) is -1.14. The van der Waals surface area contributed by atoms with Crippen LogP contribution >= 0.6 is 0 Å². The Morgan fingerprint density at radius 2 is 1.27 bits per heavy atom. The van der Waals surface area contributed by atoms with Crippen molar-refractivity contribution < 1.29 is 60.2 Å². The first-order chi connectivity index (χ1) is 20.8. The van der Waals surface area contributed by atoms with Crippen LogP contribution in [-0.2, 0) is 4.74 Å². The van der Waals surface area contributed by atoms with Crippen LogP contribution in [0, 0.1) is 20.2 Å². The molecule has 0 spiro atoms. The molecule has 0 unspecified atom stereocenters. The van der Waals surface area contributed by atoms with Crippen LogP contribution < -0.4 is 19.9 Å². The zero-order valence-electron chi connectivity index (χ0n) is 24.0. The van der Waals surface area contributed by atoms with Crippen LogP contribution in [0.15, 0.2) is 60.7 Å². The molecule has 0 aliphatic rings. The maximum atomic E-state index is 11.1. The Labute approximate surface area is 259 Å². The number of methoxy groups -OCH3 is 4. The number of ketones is 2. The van der Waals surface area contributed by atoms with Gasteiger partial charge in [-0.2, -0.15) is 0 Å². The number of nitrogens with two attached hydrogens (primary N) is 1. The SMILES string of the molecule is C.COC(=O)c1cccc(OC)c1.COc1cc(C(=O)CO)ccc1N.COc1cc(C(=O)CO)ccc1[N+](=O)[O-].O=[N+]([O-])O.[HH]. The second kappa shape index (κ2) is 21.8. The molecule has 17 nitrogen and oxygen atoms in total. The molecular formula is C28H37N3O14. The number of esters is 1. The minimum atomic E-state index is -1.50. The molecule has 248 valence electrons. The van der Waals surface area contributed by atoms with Gasteiger partial charge in [0.1, 0.15) is 24.7 Å². The van der Waals surface area contributed by atoms with Crippen molar-refractivity contribution in [3.05, 3.63) is 97.6 Å². The van der Waals surface area contributed by atoms with E-state index in [2.05, 4.69) is 4.74 Å². The van der Waals surface area contributed by atoms with Gasteiger partial charge in [-0.05, 0) is 48.5 Å². The number of nitro benzene ring substituents is 1. The van der Waals surface area contributed by atoms with Gasteiger partial charge < -0.3 is 40.1 Å².